The number of nitrogens with one attached hydrogen (secondary N) is 2. The predicted octanol–water partition coefficient (Wildman–Crippen LogP) is 3.42. The Morgan fingerprint density at radius 1 is 0.941 bits per heavy atom. The fourth-order valence-corrected chi connectivity index (χ4v) is 4.49. The molecule has 0 spiro atoms. The van der Waals surface area contributed by atoms with Gasteiger partial charge >= 0.3 is 0 Å². The maximum absolute atomic E-state index is 4.59. The number of aromatic nitrogens is 2. The van der Waals surface area contributed by atoms with Gasteiger partial charge in [0.25, 0.3) is 0 Å². The van der Waals surface area contributed by atoms with Gasteiger partial charge in [0.15, 0.2) is 0 Å². The molecule has 0 saturated carbocycles. The Balaban J connectivity index is 1.41. The normalized spacial score (nSPS) is 13.6. The molecular weight excluding hydrogens is 422 g/mol. The van der Waals surface area contributed by atoms with E-state index in [2.05, 4.69) is 80.1 Å². The SMILES string of the molecule is CCCN(CCC)CCCCNCc1ccc(CN(CC2=NCCN2)Cc2nccn2C)cc1. The molecule has 0 radical (unpaired) electrons. The molecular formula is C27H45N7. The van der Waals surface area contributed by atoms with Crippen molar-refractivity contribution in [2.45, 2.75) is 59.2 Å². The van der Waals surface area contributed by atoms with Crippen molar-refractivity contribution in [1.29, 1.82) is 0 Å². The number of aryl methyl sites for hydroxylation is 1. The Morgan fingerprint density at radius 3 is 2.35 bits per heavy atom. The summed E-state index contributed by atoms with van der Waals surface area (Å²) in [7, 11) is 2.06. The summed E-state index contributed by atoms with van der Waals surface area (Å²) >= 11 is 0. The number of rotatable bonds is 17. The van der Waals surface area contributed by atoms with Crippen LogP contribution >= 0.6 is 0 Å². The number of nitrogens with zero attached hydrogens (tertiary/aromatic N) is 5. The van der Waals surface area contributed by atoms with E-state index in [1.54, 1.807) is 0 Å². The number of hydrogen-bond acceptors (Lipinski definition) is 6. The van der Waals surface area contributed by atoms with E-state index in [0.29, 0.717) is 0 Å². The van der Waals surface area contributed by atoms with Crippen LogP contribution in [-0.2, 0) is 26.7 Å². The first-order chi connectivity index (χ1) is 16.7. The molecule has 2 aromatic rings. The first-order valence-corrected chi connectivity index (χ1v) is 13.1. The van der Waals surface area contributed by atoms with Crippen LogP contribution in [0.25, 0.3) is 0 Å². The van der Waals surface area contributed by atoms with Crippen molar-refractivity contribution >= 4 is 5.84 Å². The van der Waals surface area contributed by atoms with E-state index in [-0.39, 0.29) is 0 Å². The average Bonchev–Trinajstić information content (AvgIpc) is 3.49. The highest BCUT2D eigenvalue weighted by atomic mass is 15.2. The van der Waals surface area contributed by atoms with Gasteiger partial charge in [-0.2, -0.15) is 0 Å². The second-order valence-corrected chi connectivity index (χ2v) is 9.40. The predicted molar refractivity (Wildman–Crippen MR) is 142 cm³/mol. The molecule has 7 heteroatoms. The van der Waals surface area contributed by atoms with Gasteiger partial charge in [0, 0.05) is 39.1 Å². The summed E-state index contributed by atoms with van der Waals surface area (Å²) in [4.78, 5) is 14.1. The zero-order valence-corrected chi connectivity index (χ0v) is 21.6. The van der Waals surface area contributed by atoms with Crippen LogP contribution in [0, 0.1) is 0 Å². The number of aliphatic imine (C=N–C) groups is 1. The Bertz CT molecular complexity index is 837. The van der Waals surface area contributed by atoms with E-state index < -0.39 is 0 Å². The van der Waals surface area contributed by atoms with Crippen molar-refractivity contribution in [3.63, 3.8) is 0 Å². The number of imidazole rings is 1. The second-order valence-electron chi connectivity index (χ2n) is 9.40. The van der Waals surface area contributed by atoms with Crippen LogP contribution in [-0.4, -0.2) is 71.0 Å². The molecule has 7 nitrogen and oxygen atoms in total. The minimum absolute atomic E-state index is 0.807. The molecule has 1 aromatic carbocycles. The molecule has 0 saturated heterocycles. The standard InChI is InChI=1S/C27H45N7/c1-4-16-33(17-5-2)18-7-6-12-28-20-24-8-10-25(11-9-24)21-34(22-26-29-13-14-30-26)23-27-31-15-19-32(27)3/h8-11,15,19,28H,4-7,12-14,16-18,20-23H2,1-3H3,(H,29,30). The van der Waals surface area contributed by atoms with Crippen molar-refractivity contribution in [3.8, 4) is 0 Å². The van der Waals surface area contributed by atoms with Gasteiger partial charge in [-0.05, 0) is 63.0 Å². The van der Waals surface area contributed by atoms with Gasteiger partial charge in [-0.15, -0.1) is 0 Å². The molecule has 188 valence electrons. The molecule has 1 aromatic heterocycles. The van der Waals surface area contributed by atoms with Gasteiger partial charge in [0.2, 0.25) is 0 Å². The summed E-state index contributed by atoms with van der Waals surface area (Å²) < 4.78 is 2.09. The fourth-order valence-electron chi connectivity index (χ4n) is 4.49. The van der Waals surface area contributed by atoms with Crippen LogP contribution in [0.4, 0.5) is 0 Å². The van der Waals surface area contributed by atoms with Gasteiger partial charge in [-0.1, -0.05) is 38.1 Å². The minimum atomic E-state index is 0.807. The summed E-state index contributed by atoms with van der Waals surface area (Å²) in [5.74, 6) is 2.16. The molecule has 0 fully saturated rings. The quantitative estimate of drug-likeness (QED) is 0.349. The third kappa shape index (κ3) is 9.20. The number of unbranched alkanes of at least 4 members (excludes halogenated alkanes) is 1. The van der Waals surface area contributed by atoms with Crippen LogP contribution in [0.2, 0.25) is 0 Å². The van der Waals surface area contributed by atoms with E-state index >= 15 is 0 Å². The van der Waals surface area contributed by atoms with E-state index in [4.69, 9.17) is 0 Å². The number of benzene rings is 1. The van der Waals surface area contributed by atoms with E-state index in [0.717, 1.165) is 57.5 Å². The molecule has 34 heavy (non-hydrogen) atoms. The Morgan fingerprint density at radius 2 is 1.71 bits per heavy atom. The van der Waals surface area contributed by atoms with Crippen molar-refractivity contribution in [2.24, 2.45) is 12.0 Å². The molecule has 1 aliphatic rings. The lowest BCUT2D eigenvalue weighted by Crippen LogP contribution is -2.35. The van der Waals surface area contributed by atoms with Gasteiger partial charge in [-0.3, -0.25) is 9.89 Å². The molecule has 0 atom stereocenters. The molecule has 0 bridgehead atoms. The highest BCUT2D eigenvalue weighted by Crippen LogP contribution is 2.11. The van der Waals surface area contributed by atoms with Crippen LogP contribution < -0.4 is 10.6 Å². The molecule has 0 amide bonds. The van der Waals surface area contributed by atoms with Gasteiger partial charge < -0.3 is 20.1 Å². The summed E-state index contributed by atoms with van der Waals surface area (Å²) in [5.41, 5.74) is 2.67. The first-order valence-electron chi connectivity index (χ1n) is 13.1. The van der Waals surface area contributed by atoms with Crippen molar-refractivity contribution in [2.75, 3.05) is 45.8 Å². The fraction of sp³-hybridized carbons (Fsp3) is 0.630. The molecule has 0 unspecified atom stereocenters. The Labute approximate surface area is 206 Å². The lowest BCUT2D eigenvalue weighted by Gasteiger charge is -2.22. The maximum atomic E-state index is 4.59. The second kappa shape index (κ2) is 14.9. The highest BCUT2D eigenvalue weighted by Gasteiger charge is 2.15. The number of amidine groups is 1. The van der Waals surface area contributed by atoms with E-state index in [9.17, 15) is 0 Å². The van der Waals surface area contributed by atoms with E-state index in [1.807, 2.05) is 12.4 Å². The van der Waals surface area contributed by atoms with Gasteiger partial charge in [0.1, 0.15) is 11.7 Å². The topological polar surface area (TPSA) is 60.7 Å². The van der Waals surface area contributed by atoms with Crippen LogP contribution in [0.15, 0.2) is 41.7 Å². The average molecular weight is 468 g/mol. The van der Waals surface area contributed by atoms with Gasteiger partial charge in [-0.25, -0.2) is 4.98 Å². The molecule has 0 aliphatic carbocycles. The van der Waals surface area contributed by atoms with E-state index in [1.165, 1.54) is 56.4 Å². The zero-order chi connectivity index (χ0) is 24.0. The van der Waals surface area contributed by atoms with Crippen LogP contribution in [0.5, 0.6) is 0 Å². The molecule has 1 aliphatic heterocycles. The highest BCUT2D eigenvalue weighted by molar-refractivity contribution is 5.85. The Kier molecular flexibility index (Phi) is 11.6. The summed E-state index contributed by atoms with van der Waals surface area (Å²) in [5, 5.41) is 7.02. The lowest BCUT2D eigenvalue weighted by molar-refractivity contribution is 0.268. The van der Waals surface area contributed by atoms with Crippen LogP contribution in [0.1, 0.15) is 56.5 Å². The molecule has 3 rings (SSSR count). The zero-order valence-electron chi connectivity index (χ0n) is 21.6. The molecule has 2 heterocycles. The largest absolute Gasteiger partial charge is 0.371 e. The third-order valence-electron chi connectivity index (χ3n) is 6.32. The smallest absolute Gasteiger partial charge is 0.122 e. The summed E-state index contributed by atoms with van der Waals surface area (Å²) in [6.45, 7) is 14.6. The Hall–Kier alpha value is -2.22. The van der Waals surface area contributed by atoms with Crippen molar-refractivity contribution in [3.05, 3.63) is 53.6 Å². The monoisotopic (exact) mass is 467 g/mol. The third-order valence-corrected chi connectivity index (χ3v) is 6.32. The minimum Gasteiger partial charge on any atom is -0.371 e. The lowest BCUT2D eigenvalue weighted by atomic mass is 10.1. The summed E-state index contributed by atoms with van der Waals surface area (Å²) in [6.07, 6.45) is 8.89. The van der Waals surface area contributed by atoms with Crippen molar-refractivity contribution in [1.82, 2.24) is 30.0 Å². The van der Waals surface area contributed by atoms with Crippen LogP contribution in [0.3, 0.4) is 0 Å². The first kappa shape index (κ1) is 26.4. The molecule has 2 N–H and O–H groups in total. The van der Waals surface area contributed by atoms with Crippen molar-refractivity contribution < 1.29 is 0 Å². The van der Waals surface area contributed by atoms with Gasteiger partial charge in [0.05, 0.1) is 19.6 Å². The summed E-state index contributed by atoms with van der Waals surface area (Å²) in [6, 6.07) is 9.05. The number of hydrogen-bond donors (Lipinski definition) is 2. The maximum Gasteiger partial charge on any atom is 0.122 e.